The summed E-state index contributed by atoms with van der Waals surface area (Å²) < 4.78 is 4.41. The number of amides is 1. The Labute approximate surface area is 108 Å². The number of carbonyl (C=O) groups excluding carboxylic acids is 2. The van der Waals surface area contributed by atoms with Gasteiger partial charge in [-0.05, 0) is 17.9 Å². The molecule has 0 spiro atoms. The number of thiophene rings is 1. The lowest BCUT2D eigenvalue weighted by atomic mass is 10.1. The highest BCUT2D eigenvalue weighted by molar-refractivity contribution is 7.08. The molecule has 1 aromatic rings. The summed E-state index contributed by atoms with van der Waals surface area (Å²) in [6.07, 6.45) is -0.0603. The van der Waals surface area contributed by atoms with Crippen molar-refractivity contribution >= 4 is 29.2 Å². The number of nitrogens with one attached hydrogen (secondary N) is 1. The summed E-state index contributed by atoms with van der Waals surface area (Å²) in [5, 5.41) is 14.6. The third-order valence-corrected chi connectivity index (χ3v) is 2.93. The van der Waals surface area contributed by atoms with E-state index in [1.165, 1.54) is 18.4 Å². The van der Waals surface area contributed by atoms with Crippen LogP contribution in [-0.2, 0) is 14.3 Å². The number of hydrogen-bond donors (Lipinski definition) is 2. The highest BCUT2D eigenvalue weighted by Gasteiger charge is 2.21. The van der Waals surface area contributed by atoms with Crippen LogP contribution in [0.2, 0.25) is 0 Å². The average Bonchev–Trinajstić information content (AvgIpc) is 2.87. The lowest BCUT2D eigenvalue weighted by molar-refractivity contribution is -0.142. The maximum Gasteiger partial charge on any atom is 0.326 e. The Kier molecular flexibility index (Phi) is 5.31. The lowest BCUT2D eigenvalue weighted by Crippen LogP contribution is -2.41. The van der Waals surface area contributed by atoms with Crippen LogP contribution < -0.4 is 5.32 Å². The number of ether oxygens (including phenoxy) is 1. The second kappa shape index (κ2) is 6.75. The molecule has 0 fully saturated rings. The first-order chi connectivity index (χ1) is 8.54. The molecule has 0 bridgehead atoms. The van der Waals surface area contributed by atoms with Crippen LogP contribution in [0, 0.1) is 0 Å². The van der Waals surface area contributed by atoms with E-state index in [0.717, 1.165) is 0 Å². The van der Waals surface area contributed by atoms with E-state index in [-0.39, 0.29) is 12.8 Å². The molecule has 0 saturated heterocycles. The molecule has 6 nitrogen and oxygen atoms in total. The van der Waals surface area contributed by atoms with E-state index in [1.807, 2.05) is 0 Å². The lowest BCUT2D eigenvalue weighted by Gasteiger charge is -2.13. The largest absolute Gasteiger partial charge is 0.480 e. The highest BCUT2D eigenvalue weighted by atomic mass is 32.1. The molecule has 0 saturated carbocycles. The van der Waals surface area contributed by atoms with E-state index >= 15 is 0 Å². The molecule has 0 aromatic carbocycles. The minimum Gasteiger partial charge on any atom is -0.480 e. The van der Waals surface area contributed by atoms with Gasteiger partial charge in [0.15, 0.2) is 0 Å². The number of rotatable bonds is 6. The molecule has 1 amide bonds. The maximum absolute atomic E-state index is 11.7. The Morgan fingerprint density at radius 2 is 2.22 bits per heavy atom. The van der Waals surface area contributed by atoms with E-state index in [0.29, 0.717) is 5.56 Å². The molecule has 2 N–H and O–H groups in total. The second-order valence-electron chi connectivity index (χ2n) is 3.49. The van der Waals surface area contributed by atoms with Gasteiger partial charge in [-0.3, -0.25) is 9.59 Å². The van der Waals surface area contributed by atoms with Crippen molar-refractivity contribution < 1.29 is 24.2 Å². The second-order valence-corrected chi connectivity index (χ2v) is 4.27. The van der Waals surface area contributed by atoms with Crippen LogP contribution in [0.5, 0.6) is 0 Å². The monoisotopic (exact) mass is 271 g/mol. The van der Waals surface area contributed by atoms with Gasteiger partial charge >= 0.3 is 11.9 Å². The number of methoxy groups -OCH3 is 1. The molecule has 18 heavy (non-hydrogen) atoms. The van der Waals surface area contributed by atoms with Crippen LogP contribution in [0.1, 0.15) is 23.2 Å². The SMILES string of the molecule is COC(=O)CC[C@H](NC(=O)c1ccsc1)C(=O)O. The van der Waals surface area contributed by atoms with E-state index in [4.69, 9.17) is 5.11 Å². The minimum atomic E-state index is -1.18. The van der Waals surface area contributed by atoms with Crippen molar-refractivity contribution in [2.45, 2.75) is 18.9 Å². The third kappa shape index (κ3) is 4.17. The Hall–Kier alpha value is -1.89. The summed E-state index contributed by atoms with van der Waals surface area (Å²) in [5.41, 5.74) is 0.407. The van der Waals surface area contributed by atoms with Crippen LogP contribution in [0.15, 0.2) is 16.8 Å². The number of hydrogen-bond acceptors (Lipinski definition) is 5. The molecule has 0 radical (unpaired) electrons. The van der Waals surface area contributed by atoms with Crippen molar-refractivity contribution in [1.82, 2.24) is 5.32 Å². The Morgan fingerprint density at radius 3 is 2.72 bits per heavy atom. The number of carbonyl (C=O) groups is 3. The molecule has 1 aromatic heterocycles. The first-order valence-electron chi connectivity index (χ1n) is 5.17. The molecular weight excluding hydrogens is 258 g/mol. The zero-order chi connectivity index (χ0) is 13.5. The quantitative estimate of drug-likeness (QED) is 0.749. The summed E-state index contributed by atoms with van der Waals surface area (Å²) >= 11 is 1.34. The van der Waals surface area contributed by atoms with Crippen molar-refractivity contribution in [2.75, 3.05) is 7.11 Å². The van der Waals surface area contributed by atoms with Crippen LogP contribution in [0.25, 0.3) is 0 Å². The van der Waals surface area contributed by atoms with Gasteiger partial charge in [-0.1, -0.05) is 0 Å². The molecule has 0 aliphatic carbocycles. The summed E-state index contributed by atoms with van der Waals surface area (Å²) in [6, 6.07) is 0.496. The molecule has 1 atom stereocenters. The van der Waals surface area contributed by atoms with Crippen LogP contribution in [-0.4, -0.2) is 36.1 Å². The van der Waals surface area contributed by atoms with Crippen molar-refractivity contribution in [1.29, 1.82) is 0 Å². The number of carboxylic acids is 1. The summed E-state index contributed by atoms with van der Waals surface area (Å²) in [7, 11) is 1.22. The summed E-state index contributed by atoms with van der Waals surface area (Å²) in [5.74, 6) is -2.15. The van der Waals surface area contributed by atoms with Gasteiger partial charge in [0.25, 0.3) is 5.91 Å². The van der Waals surface area contributed by atoms with E-state index in [1.54, 1.807) is 16.8 Å². The van der Waals surface area contributed by atoms with E-state index in [9.17, 15) is 14.4 Å². The van der Waals surface area contributed by atoms with Gasteiger partial charge in [0.2, 0.25) is 0 Å². The fraction of sp³-hybridized carbons (Fsp3) is 0.364. The first-order valence-corrected chi connectivity index (χ1v) is 6.11. The van der Waals surface area contributed by atoms with Gasteiger partial charge in [0.05, 0.1) is 12.7 Å². The van der Waals surface area contributed by atoms with Crippen molar-refractivity contribution in [3.63, 3.8) is 0 Å². The maximum atomic E-state index is 11.7. The predicted octanol–water partition coefficient (Wildman–Crippen LogP) is 0.884. The number of carboxylic acid groups (broad SMARTS) is 1. The molecule has 7 heteroatoms. The zero-order valence-electron chi connectivity index (χ0n) is 9.71. The van der Waals surface area contributed by atoms with Gasteiger partial charge in [-0.15, -0.1) is 0 Å². The molecule has 1 rings (SSSR count). The molecule has 1 heterocycles. The number of esters is 1. The minimum absolute atomic E-state index is 0.00210. The van der Waals surface area contributed by atoms with Crippen molar-refractivity contribution in [3.8, 4) is 0 Å². The number of aliphatic carboxylic acids is 1. The summed E-state index contributed by atoms with van der Waals surface area (Å²) in [4.78, 5) is 33.5. The highest BCUT2D eigenvalue weighted by Crippen LogP contribution is 2.07. The molecular formula is C11H13NO5S. The van der Waals surface area contributed by atoms with Crippen LogP contribution in [0.3, 0.4) is 0 Å². The summed E-state index contributed by atoms with van der Waals surface area (Å²) in [6.45, 7) is 0. The molecule has 98 valence electrons. The Balaban J connectivity index is 2.55. The average molecular weight is 271 g/mol. The smallest absolute Gasteiger partial charge is 0.326 e. The zero-order valence-corrected chi connectivity index (χ0v) is 10.5. The Bertz CT molecular complexity index is 429. The fourth-order valence-corrected chi connectivity index (χ4v) is 1.89. The first kappa shape index (κ1) is 14.2. The van der Waals surface area contributed by atoms with Crippen LogP contribution >= 0.6 is 11.3 Å². The standard InChI is InChI=1S/C11H13NO5S/c1-17-9(13)3-2-8(11(15)16)12-10(14)7-4-5-18-6-7/h4-6,8H,2-3H2,1H3,(H,12,14)(H,15,16)/t8-/m0/s1. The van der Waals surface area contributed by atoms with Crippen LogP contribution in [0.4, 0.5) is 0 Å². The van der Waals surface area contributed by atoms with Gasteiger partial charge in [-0.2, -0.15) is 11.3 Å². The predicted molar refractivity (Wildman–Crippen MR) is 64.5 cm³/mol. The Morgan fingerprint density at radius 1 is 1.50 bits per heavy atom. The fourth-order valence-electron chi connectivity index (χ4n) is 1.26. The van der Waals surface area contributed by atoms with E-state index < -0.39 is 23.9 Å². The van der Waals surface area contributed by atoms with Gasteiger partial charge < -0.3 is 15.2 Å². The van der Waals surface area contributed by atoms with Gasteiger partial charge in [0, 0.05) is 11.8 Å². The van der Waals surface area contributed by atoms with Gasteiger partial charge in [-0.25, -0.2) is 4.79 Å². The normalized spacial score (nSPS) is 11.6. The van der Waals surface area contributed by atoms with Gasteiger partial charge in [0.1, 0.15) is 6.04 Å². The van der Waals surface area contributed by atoms with E-state index in [2.05, 4.69) is 10.1 Å². The topological polar surface area (TPSA) is 92.7 Å². The third-order valence-electron chi connectivity index (χ3n) is 2.25. The molecule has 0 unspecified atom stereocenters. The van der Waals surface area contributed by atoms with Crippen molar-refractivity contribution in [2.24, 2.45) is 0 Å². The molecule has 0 aliphatic rings. The molecule has 0 aliphatic heterocycles. The van der Waals surface area contributed by atoms with Crippen molar-refractivity contribution in [3.05, 3.63) is 22.4 Å².